The molecule has 5 nitrogen and oxygen atoms in total. The number of imidazole rings is 1. The standard InChI is InChI=1S/C17H19N3O2/c1-11(2)22-14-6-3-12(4-7-14)10-18-13-5-8-15-16(9-13)20-17(21)19-15/h3-9,11,18H,10H2,1-2H3,(H2,19,20,21). The Morgan fingerprint density at radius 3 is 2.50 bits per heavy atom. The Morgan fingerprint density at radius 1 is 1.05 bits per heavy atom. The molecule has 0 amide bonds. The smallest absolute Gasteiger partial charge is 0.323 e. The zero-order chi connectivity index (χ0) is 15.5. The van der Waals surface area contributed by atoms with Gasteiger partial charge in [0, 0.05) is 12.2 Å². The van der Waals surface area contributed by atoms with Crippen LogP contribution >= 0.6 is 0 Å². The number of ether oxygens (including phenoxy) is 1. The fourth-order valence-electron chi connectivity index (χ4n) is 2.30. The first kappa shape index (κ1) is 14.3. The Labute approximate surface area is 128 Å². The van der Waals surface area contributed by atoms with Crippen LogP contribution in [0, 0.1) is 0 Å². The highest BCUT2D eigenvalue weighted by Crippen LogP contribution is 2.17. The second kappa shape index (κ2) is 5.97. The first-order valence-electron chi connectivity index (χ1n) is 7.32. The molecule has 1 aromatic heterocycles. The van der Waals surface area contributed by atoms with Crippen molar-refractivity contribution in [1.82, 2.24) is 9.97 Å². The van der Waals surface area contributed by atoms with Crippen LogP contribution in [0.25, 0.3) is 11.0 Å². The van der Waals surface area contributed by atoms with E-state index in [-0.39, 0.29) is 11.8 Å². The van der Waals surface area contributed by atoms with Gasteiger partial charge in [0.15, 0.2) is 0 Å². The molecule has 5 heteroatoms. The van der Waals surface area contributed by atoms with Crippen LogP contribution in [0.3, 0.4) is 0 Å². The van der Waals surface area contributed by atoms with Crippen LogP contribution in [-0.2, 0) is 6.54 Å². The zero-order valence-corrected chi connectivity index (χ0v) is 12.6. The summed E-state index contributed by atoms with van der Waals surface area (Å²) in [5.41, 5.74) is 3.55. The van der Waals surface area contributed by atoms with Crippen LogP contribution in [0.4, 0.5) is 5.69 Å². The van der Waals surface area contributed by atoms with Crippen LogP contribution in [0.5, 0.6) is 5.75 Å². The van der Waals surface area contributed by atoms with Crippen molar-refractivity contribution in [3.63, 3.8) is 0 Å². The number of aromatic amines is 2. The average molecular weight is 297 g/mol. The molecule has 0 aliphatic carbocycles. The number of nitrogens with one attached hydrogen (secondary N) is 3. The van der Waals surface area contributed by atoms with Crippen LogP contribution in [0.2, 0.25) is 0 Å². The highest BCUT2D eigenvalue weighted by molar-refractivity contribution is 5.78. The number of aromatic nitrogens is 2. The maximum Gasteiger partial charge on any atom is 0.323 e. The van der Waals surface area contributed by atoms with Crippen molar-refractivity contribution < 1.29 is 4.74 Å². The number of anilines is 1. The maximum absolute atomic E-state index is 11.2. The van der Waals surface area contributed by atoms with E-state index < -0.39 is 0 Å². The van der Waals surface area contributed by atoms with E-state index in [1.54, 1.807) is 0 Å². The van der Waals surface area contributed by atoms with Gasteiger partial charge in [-0.15, -0.1) is 0 Å². The van der Waals surface area contributed by atoms with Crippen molar-refractivity contribution in [3.05, 3.63) is 58.5 Å². The third kappa shape index (κ3) is 3.31. The number of hydrogen-bond acceptors (Lipinski definition) is 3. The van der Waals surface area contributed by atoms with Gasteiger partial charge in [0.05, 0.1) is 17.1 Å². The van der Waals surface area contributed by atoms with Gasteiger partial charge in [0.1, 0.15) is 5.75 Å². The van der Waals surface area contributed by atoms with Gasteiger partial charge in [-0.05, 0) is 49.7 Å². The molecule has 3 N–H and O–H groups in total. The summed E-state index contributed by atoms with van der Waals surface area (Å²) in [6.45, 7) is 4.73. The predicted octanol–water partition coefficient (Wildman–Crippen LogP) is 3.26. The average Bonchev–Trinajstić information content (AvgIpc) is 2.85. The molecule has 0 saturated heterocycles. The molecule has 114 valence electrons. The van der Waals surface area contributed by atoms with Crippen molar-refractivity contribution in [1.29, 1.82) is 0 Å². The second-order valence-corrected chi connectivity index (χ2v) is 5.50. The first-order valence-corrected chi connectivity index (χ1v) is 7.32. The van der Waals surface area contributed by atoms with E-state index in [1.165, 1.54) is 5.56 Å². The fraction of sp³-hybridized carbons (Fsp3) is 0.235. The number of rotatable bonds is 5. The van der Waals surface area contributed by atoms with Gasteiger partial charge in [-0.25, -0.2) is 4.79 Å². The summed E-state index contributed by atoms with van der Waals surface area (Å²) in [5.74, 6) is 0.880. The largest absolute Gasteiger partial charge is 0.491 e. The van der Waals surface area contributed by atoms with Gasteiger partial charge in [0.2, 0.25) is 0 Å². The predicted molar refractivity (Wildman–Crippen MR) is 88.5 cm³/mol. The summed E-state index contributed by atoms with van der Waals surface area (Å²) in [6.07, 6.45) is 0.180. The van der Waals surface area contributed by atoms with Crippen molar-refractivity contribution >= 4 is 16.7 Å². The summed E-state index contributed by atoms with van der Waals surface area (Å²) in [5, 5.41) is 3.35. The molecule has 22 heavy (non-hydrogen) atoms. The van der Waals surface area contributed by atoms with E-state index in [1.807, 2.05) is 56.3 Å². The summed E-state index contributed by atoms with van der Waals surface area (Å²) in [7, 11) is 0. The second-order valence-electron chi connectivity index (χ2n) is 5.50. The zero-order valence-electron chi connectivity index (χ0n) is 12.6. The molecule has 0 fully saturated rings. The Morgan fingerprint density at radius 2 is 1.77 bits per heavy atom. The Bertz CT molecular complexity index is 816. The van der Waals surface area contributed by atoms with E-state index in [0.717, 1.165) is 22.5 Å². The number of benzene rings is 2. The molecule has 0 aliphatic heterocycles. The lowest BCUT2D eigenvalue weighted by atomic mass is 10.2. The minimum Gasteiger partial charge on any atom is -0.491 e. The van der Waals surface area contributed by atoms with Gasteiger partial charge < -0.3 is 20.0 Å². The molecule has 0 radical (unpaired) electrons. The molecule has 0 unspecified atom stereocenters. The van der Waals surface area contributed by atoms with Crippen molar-refractivity contribution in [2.24, 2.45) is 0 Å². The minimum atomic E-state index is -0.187. The van der Waals surface area contributed by atoms with Crippen molar-refractivity contribution in [2.75, 3.05) is 5.32 Å². The number of H-pyrrole nitrogens is 2. The van der Waals surface area contributed by atoms with E-state index in [2.05, 4.69) is 15.3 Å². The number of hydrogen-bond donors (Lipinski definition) is 3. The molecule has 1 heterocycles. The third-order valence-electron chi connectivity index (χ3n) is 3.31. The molecule has 0 atom stereocenters. The highest BCUT2D eigenvalue weighted by Gasteiger charge is 2.01. The Balaban J connectivity index is 1.66. The van der Waals surface area contributed by atoms with E-state index in [4.69, 9.17) is 4.74 Å². The molecule has 0 aliphatic rings. The van der Waals surface area contributed by atoms with Gasteiger partial charge in [-0.2, -0.15) is 0 Å². The number of fused-ring (bicyclic) bond motifs is 1. The molecule has 0 saturated carbocycles. The highest BCUT2D eigenvalue weighted by atomic mass is 16.5. The van der Waals surface area contributed by atoms with E-state index in [0.29, 0.717) is 6.54 Å². The quantitative estimate of drug-likeness (QED) is 0.677. The molecule has 2 aromatic carbocycles. The Kier molecular flexibility index (Phi) is 3.87. The van der Waals surface area contributed by atoms with Crippen molar-refractivity contribution in [3.8, 4) is 5.75 Å². The molecular weight excluding hydrogens is 278 g/mol. The lowest BCUT2D eigenvalue weighted by Crippen LogP contribution is -2.05. The molecule has 0 bridgehead atoms. The lowest BCUT2D eigenvalue weighted by Gasteiger charge is -2.11. The van der Waals surface area contributed by atoms with Gasteiger partial charge in [0.25, 0.3) is 0 Å². The maximum atomic E-state index is 11.2. The Hall–Kier alpha value is -2.69. The summed E-state index contributed by atoms with van der Waals surface area (Å²) in [4.78, 5) is 16.7. The van der Waals surface area contributed by atoms with Crippen LogP contribution in [0.1, 0.15) is 19.4 Å². The minimum absolute atomic E-state index is 0.180. The first-order chi connectivity index (χ1) is 10.6. The molecular formula is C17H19N3O2. The van der Waals surface area contributed by atoms with Crippen LogP contribution < -0.4 is 15.7 Å². The summed E-state index contributed by atoms with van der Waals surface area (Å²) >= 11 is 0. The third-order valence-corrected chi connectivity index (χ3v) is 3.31. The van der Waals surface area contributed by atoms with E-state index in [9.17, 15) is 4.79 Å². The van der Waals surface area contributed by atoms with Gasteiger partial charge in [-0.1, -0.05) is 12.1 Å². The van der Waals surface area contributed by atoms with E-state index >= 15 is 0 Å². The lowest BCUT2D eigenvalue weighted by molar-refractivity contribution is 0.242. The fourth-order valence-corrected chi connectivity index (χ4v) is 2.30. The van der Waals surface area contributed by atoms with Crippen LogP contribution in [0.15, 0.2) is 47.3 Å². The van der Waals surface area contributed by atoms with Gasteiger partial charge >= 0.3 is 5.69 Å². The SMILES string of the molecule is CC(C)Oc1ccc(CNc2ccc3[nH]c(=O)[nH]c3c2)cc1. The normalized spacial score (nSPS) is 11.0. The van der Waals surface area contributed by atoms with Crippen LogP contribution in [-0.4, -0.2) is 16.1 Å². The van der Waals surface area contributed by atoms with Crippen molar-refractivity contribution in [2.45, 2.75) is 26.5 Å². The summed E-state index contributed by atoms with van der Waals surface area (Å²) < 4.78 is 5.62. The molecule has 3 rings (SSSR count). The molecule has 3 aromatic rings. The molecule has 0 spiro atoms. The topological polar surface area (TPSA) is 69.9 Å². The monoisotopic (exact) mass is 297 g/mol. The summed E-state index contributed by atoms with van der Waals surface area (Å²) in [6, 6.07) is 13.8. The van der Waals surface area contributed by atoms with Gasteiger partial charge in [-0.3, -0.25) is 0 Å².